The second-order valence-corrected chi connectivity index (χ2v) is 4.87. The molecule has 98 valence electrons. The highest BCUT2D eigenvalue weighted by molar-refractivity contribution is 5.83. The maximum atomic E-state index is 11.9. The predicted molar refractivity (Wildman–Crippen MR) is 71.3 cm³/mol. The number of hydrogen-bond acceptors (Lipinski definition) is 3. The van der Waals surface area contributed by atoms with Crippen LogP contribution in [0.2, 0.25) is 0 Å². The molecule has 1 fully saturated rings. The van der Waals surface area contributed by atoms with Gasteiger partial charge in [0.15, 0.2) is 5.78 Å². The number of carbonyl (C=O) groups excluding carboxylic acids is 1. The predicted octanol–water partition coefficient (Wildman–Crippen LogP) is 2.08. The Kier molecular flexibility index (Phi) is 4.90. The molecule has 0 radical (unpaired) electrons. The van der Waals surface area contributed by atoms with E-state index < -0.39 is 0 Å². The standard InChI is InChI=1S/C15H21NO2/c16-11-13-9-10-15(18-13)14(17)8-4-7-12-5-2-1-3-6-12/h1-3,5-6,13,15H,4,7-11,16H2. The van der Waals surface area contributed by atoms with Crippen molar-refractivity contribution in [2.75, 3.05) is 6.54 Å². The van der Waals surface area contributed by atoms with Crippen molar-refractivity contribution in [1.82, 2.24) is 0 Å². The summed E-state index contributed by atoms with van der Waals surface area (Å²) in [5, 5.41) is 0. The lowest BCUT2D eigenvalue weighted by Gasteiger charge is -2.11. The molecule has 0 spiro atoms. The summed E-state index contributed by atoms with van der Waals surface area (Å²) in [5.74, 6) is 0.238. The monoisotopic (exact) mass is 247 g/mol. The molecule has 3 heteroatoms. The maximum absolute atomic E-state index is 11.9. The smallest absolute Gasteiger partial charge is 0.161 e. The first-order valence-electron chi connectivity index (χ1n) is 6.71. The minimum Gasteiger partial charge on any atom is -0.366 e. The van der Waals surface area contributed by atoms with E-state index in [0.29, 0.717) is 13.0 Å². The average Bonchev–Trinajstić information content (AvgIpc) is 2.89. The molecular formula is C15H21NO2. The summed E-state index contributed by atoms with van der Waals surface area (Å²) in [4.78, 5) is 11.9. The first kappa shape index (κ1) is 13.2. The summed E-state index contributed by atoms with van der Waals surface area (Å²) in [7, 11) is 0. The van der Waals surface area contributed by atoms with Crippen molar-refractivity contribution in [1.29, 1.82) is 0 Å². The van der Waals surface area contributed by atoms with Gasteiger partial charge in [0, 0.05) is 13.0 Å². The number of Topliss-reactive ketones (excluding diaryl/α,β-unsaturated/α-hetero) is 1. The number of carbonyl (C=O) groups is 1. The molecule has 2 rings (SSSR count). The van der Waals surface area contributed by atoms with Crippen molar-refractivity contribution in [2.24, 2.45) is 5.73 Å². The van der Waals surface area contributed by atoms with Gasteiger partial charge in [0.25, 0.3) is 0 Å². The Hall–Kier alpha value is -1.19. The minimum atomic E-state index is -0.200. The van der Waals surface area contributed by atoms with Crippen molar-refractivity contribution in [3.8, 4) is 0 Å². The van der Waals surface area contributed by atoms with Gasteiger partial charge in [0.2, 0.25) is 0 Å². The lowest BCUT2D eigenvalue weighted by atomic mass is 10.0. The second kappa shape index (κ2) is 6.66. The van der Waals surface area contributed by atoms with Gasteiger partial charge in [-0.2, -0.15) is 0 Å². The maximum Gasteiger partial charge on any atom is 0.161 e. The fourth-order valence-electron chi connectivity index (χ4n) is 2.39. The molecule has 2 unspecified atom stereocenters. The fraction of sp³-hybridized carbons (Fsp3) is 0.533. The van der Waals surface area contributed by atoms with Gasteiger partial charge in [0.1, 0.15) is 6.10 Å². The van der Waals surface area contributed by atoms with Crippen LogP contribution in [0.5, 0.6) is 0 Å². The number of ketones is 1. The van der Waals surface area contributed by atoms with Gasteiger partial charge in [-0.1, -0.05) is 30.3 Å². The van der Waals surface area contributed by atoms with Crippen LogP contribution in [0.15, 0.2) is 30.3 Å². The zero-order chi connectivity index (χ0) is 12.8. The third-order valence-electron chi connectivity index (χ3n) is 3.46. The lowest BCUT2D eigenvalue weighted by molar-refractivity contribution is -0.129. The Balaban J connectivity index is 1.69. The molecular weight excluding hydrogens is 226 g/mol. The van der Waals surface area contributed by atoms with E-state index in [1.807, 2.05) is 18.2 Å². The Labute approximate surface area is 108 Å². The number of benzene rings is 1. The van der Waals surface area contributed by atoms with E-state index in [2.05, 4.69) is 12.1 Å². The third-order valence-corrected chi connectivity index (χ3v) is 3.46. The molecule has 0 aromatic heterocycles. The minimum absolute atomic E-state index is 0.0908. The molecule has 2 N–H and O–H groups in total. The number of aryl methyl sites for hydroxylation is 1. The highest BCUT2D eigenvalue weighted by atomic mass is 16.5. The molecule has 1 aliphatic heterocycles. The van der Waals surface area contributed by atoms with E-state index >= 15 is 0 Å². The molecule has 0 amide bonds. The Morgan fingerprint density at radius 3 is 2.72 bits per heavy atom. The second-order valence-electron chi connectivity index (χ2n) is 4.87. The molecule has 18 heavy (non-hydrogen) atoms. The Bertz CT molecular complexity index is 377. The average molecular weight is 247 g/mol. The fourth-order valence-corrected chi connectivity index (χ4v) is 2.39. The van der Waals surface area contributed by atoms with E-state index in [9.17, 15) is 4.79 Å². The van der Waals surface area contributed by atoms with Crippen molar-refractivity contribution in [3.05, 3.63) is 35.9 Å². The van der Waals surface area contributed by atoms with Crippen LogP contribution in [0.4, 0.5) is 0 Å². The van der Waals surface area contributed by atoms with Gasteiger partial charge < -0.3 is 10.5 Å². The van der Waals surface area contributed by atoms with Crippen LogP contribution < -0.4 is 5.73 Å². The summed E-state index contributed by atoms with van der Waals surface area (Å²) in [6, 6.07) is 10.3. The molecule has 1 aromatic rings. The SMILES string of the molecule is NCC1CCC(C(=O)CCCc2ccccc2)O1. The molecule has 1 heterocycles. The van der Waals surface area contributed by atoms with E-state index in [0.717, 1.165) is 25.7 Å². The van der Waals surface area contributed by atoms with Crippen LogP contribution in [-0.4, -0.2) is 24.5 Å². The van der Waals surface area contributed by atoms with Crippen molar-refractivity contribution in [2.45, 2.75) is 44.3 Å². The van der Waals surface area contributed by atoms with Crippen LogP contribution in [0.3, 0.4) is 0 Å². The lowest BCUT2D eigenvalue weighted by Crippen LogP contribution is -2.25. The summed E-state index contributed by atoms with van der Waals surface area (Å²) in [6.45, 7) is 0.522. The molecule has 0 aliphatic carbocycles. The topological polar surface area (TPSA) is 52.3 Å². The van der Waals surface area contributed by atoms with Crippen LogP contribution in [0, 0.1) is 0 Å². The van der Waals surface area contributed by atoms with Crippen LogP contribution in [0.25, 0.3) is 0 Å². The van der Waals surface area contributed by atoms with Crippen LogP contribution >= 0.6 is 0 Å². The summed E-state index contributed by atoms with van der Waals surface area (Å²) in [6.07, 6.45) is 4.12. The molecule has 1 saturated heterocycles. The van der Waals surface area contributed by atoms with E-state index in [1.165, 1.54) is 5.56 Å². The van der Waals surface area contributed by atoms with Crippen molar-refractivity contribution < 1.29 is 9.53 Å². The molecule has 3 nitrogen and oxygen atoms in total. The first-order chi connectivity index (χ1) is 8.79. The highest BCUT2D eigenvalue weighted by Crippen LogP contribution is 2.21. The van der Waals surface area contributed by atoms with Gasteiger partial charge >= 0.3 is 0 Å². The van der Waals surface area contributed by atoms with Crippen LogP contribution in [0.1, 0.15) is 31.2 Å². The first-order valence-corrected chi connectivity index (χ1v) is 6.71. The van der Waals surface area contributed by atoms with E-state index in [4.69, 9.17) is 10.5 Å². The summed E-state index contributed by atoms with van der Waals surface area (Å²) in [5.41, 5.74) is 6.83. The van der Waals surface area contributed by atoms with Crippen molar-refractivity contribution in [3.63, 3.8) is 0 Å². The quantitative estimate of drug-likeness (QED) is 0.837. The number of nitrogens with two attached hydrogens (primary N) is 1. The Morgan fingerprint density at radius 1 is 1.28 bits per heavy atom. The van der Waals surface area contributed by atoms with Gasteiger partial charge in [-0.05, 0) is 31.2 Å². The van der Waals surface area contributed by atoms with Crippen LogP contribution in [-0.2, 0) is 16.0 Å². The van der Waals surface area contributed by atoms with E-state index in [-0.39, 0.29) is 18.0 Å². The largest absolute Gasteiger partial charge is 0.366 e. The Morgan fingerprint density at radius 2 is 2.06 bits per heavy atom. The summed E-state index contributed by atoms with van der Waals surface area (Å²) < 4.78 is 5.60. The van der Waals surface area contributed by atoms with E-state index in [1.54, 1.807) is 0 Å². The van der Waals surface area contributed by atoms with Gasteiger partial charge in [-0.3, -0.25) is 4.79 Å². The molecule has 0 bridgehead atoms. The molecule has 0 saturated carbocycles. The summed E-state index contributed by atoms with van der Waals surface area (Å²) >= 11 is 0. The van der Waals surface area contributed by atoms with Gasteiger partial charge in [-0.25, -0.2) is 0 Å². The van der Waals surface area contributed by atoms with Gasteiger partial charge in [-0.15, -0.1) is 0 Å². The van der Waals surface area contributed by atoms with Crippen molar-refractivity contribution >= 4 is 5.78 Å². The zero-order valence-electron chi connectivity index (χ0n) is 10.7. The number of hydrogen-bond donors (Lipinski definition) is 1. The zero-order valence-corrected chi connectivity index (χ0v) is 10.7. The van der Waals surface area contributed by atoms with Gasteiger partial charge in [0.05, 0.1) is 6.10 Å². The number of ether oxygens (including phenoxy) is 1. The third kappa shape index (κ3) is 3.65. The normalized spacial score (nSPS) is 23.2. The molecule has 2 atom stereocenters. The number of rotatable bonds is 6. The molecule has 1 aliphatic rings. The molecule has 1 aromatic carbocycles. The highest BCUT2D eigenvalue weighted by Gasteiger charge is 2.28.